The van der Waals surface area contributed by atoms with E-state index in [-0.39, 0.29) is 5.69 Å². The molecule has 1 aliphatic heterocycles. The summed E-state index contributed by atoms with van der Waals surface area (Å²) in [5.74, 6) is 0. The Hall–Kier alpha value is -2.18. The Morgan fingerprint density at radius 3 is 2.35 bits per heavy atom. The van der Waals surface area contributed by atoms with Gasteiger partial charge in [0.05, 0.1) is 0 Å². The second-order valence-electron chi connectivity index (χ2n) is 3.68. The first-order chi connectivity index (χ1) is 8.25. The topological polar surface area (TPSA) is 89.4 Å². The molecule has 1 aliphatic rings. The van der Waals surface area contributed by atoms with Gasteiger partial charge in [-0.3, -0.25) is 5.01 Å². The van der Waals surface area contributed by atoms with Gasteiger partial charge in [-0.25, -0.2) is 0 Å². The van der Waals surface area contributed by atoms with Gasteiger partial charge in [0.2, 0.25) is 0 Å². The molecule has 17 heavy (non-hydrogen) atoms. The lowest BCUT2D eigenvalue weighted by Crippen LogP contribution is -2.09. The van der Waals surface area contributed by atoms with Crippen molar-refractivity contribution in [2.24, 2.45) is 15.5 Å². The van der Waals surface area contributed by atoms with Crippen LogP contribution in [0.3, 0.4) is 0 Å². The van der Waals surface area contributed by atoms with Crippen LogP contribution < -0.4 is 0 Å². The number of benzene rings is 1. The Morgan fingerprint density at radius 2 is 1.71 bits per heavy atom. The molecule has 0 atom stereocenters. The van der Waals surface area contributed by atoms with E-state index in [4.69, 9.17) is 0 Å². The highest BCUT2D eigenvalue weighted by atomic mass is 16.8. The van der Waals surface area contributed by atoms with Crippen molar-refractivity contribution in [2.75, 3.05) is 13.1 Å². The molecule has 7 heteroatoms. The van der Waals surface area contributed by atoms with Crippen LogP contribution in [0.1, 0.15) is 12.8 Å². The van der Waals surface area contributed by atoms with E-state index in [0.29, 0.717) is 5.69 Å². The van der Waals surface area contributed by atoms with Gasteiger partial charge in [-0.1, -0.05) is 22.4 Å². The van der Waals surface area contributed by atoms with Gasteiger partial charge in [0.1, 0.15) is 5.69 Å². The van der Waals surface area contributed by atoms with Crippen LogP contribution in [-0.4, -0.2) is 23.1 Å². The minimum atomic E-state index is -0.732. The second kappa shape index (κ2) is 5.24. The lowest BCUT2D eigenvalue weighted by atomic mass is 10.3. The molecule has 0 radical (unpaired) electrons. The van der Waals surface area contributed by atoms with Crippen LogP contribution in [0.4, 0.5) is 11.4 Å². The SMILES string of the molecule is [O-][N+]([O-])=Nc1ccccc1N=NN1CCCC1. The van der Waals surface area contributed by atoms with Crippen LogP contribution in [0, 0.1) is 10.4 Å². The molecule has 0 aliphatic carbocycles. The lowest BCUT2D eigenvalue weighted by Gasteiger charge is -2.07. The average Bonchev–Trinajstić information content (AvgIpc) is 2.80. The monoisotopic (exact) mass is 234 g/mol. The van der Waals surface area contributed by atoms with Crippen molar-refractivity contribution in [1.82, 2.24) is 5.01 Å². The largest absolute Gasteiger partial charge is 0.587 e. The van der Waals surface area contributed by atoms with Crippen molar-refractivity contribution in [3.63, 3.8) is 0 Å². The van der Waals surface area contributed by atoms with Crippen LogP contribution in [0.25, 0.3) is 0 Å². The molecule has 1 aromatic rings. The normalized spacial score (nSPS) is 15.4. The molecular formula is C10H12N5O2-. The van der Waals surface area contributed by atoms with Crippen molar-refractivity contribution in [1.29, 1.82) is 0 Å². The summed E-state index contributed by atoms with van der Waals surface area (Å²) in [6, 6.07) is 6.62. The molecule has 0 N–H and O–H groups in total. The quantitative estimate of drug-likeness (QED) is 0.594. The molecule has 7 nitrogen and oxygen atoms in total. The maximum atomic E-state index is 10.3. The van der Waals surface area contributed by atoms with E-state index in [2.05, 4.69) is 15.5 Å². The van der Waals surface area contributed by atoms with Crippen LogP contribution in [0.2, 0.25) is 0 Å². The first-order valence-corrected chi connectivity index (χ1v) is 5.37. The molecule has 1 aromatic carbocycles. The molecule has 0 unspecified atom stereocenters. The summed E-state index contributed by atoms with van der Waals surface area (Å²) in [5, 5.41) is 33.1. The molecule has 0 aromatic heterocycles. The molecule has 0 saturated carbocycles. The van der Waals surface area contributed by atoms with Gasteiger partial charge in [-0.05, 0) is 25.0 Å². The van der Waals surface area contributed by atoms with E-state index in [1.54, 1.807) is 24.3 Å². The van der Waals surface area contributed by atoms with E-state index < -0.39 is 5.02 Å². The summed E-state index contributed by atoms with van der Waals surface area (Å²) in [4.78, 5) is 0. The maximum Gasteiger partial charge on any atom is 0.160 e. The highest BCUT2D eigenvalue weighted by Gasteiger charge is 2.09. The van der Waals surface area contributed by atoms with Crippen LogP contribution in [0.15, 0.2) is 39.7 Å². The van der Waals surface area contributed by atoms with E-state index in [1.807, 2.05) is 5.01 Å². The summed E-state index contributed by atoms with van der Waals surface area (Å²) < 4.78 is 0. The maximum absolute atomic E-state index is 10.3. The van der Waals surface area contributed by atoms with Gasteiger partial charge in [0.25, 0.3) is 0 Å². The first kappa shape index (κ1) is 11.3. The lowest BCUT2D eigenvalue weighted by molar-refractivity contribution is -0.452. The number of nitrogens with zero attached hydrogens (tertiary/aromatic N) is 5. The average molecular weight is 234 g/mol. The molecule has 0 bridgehead atoms. The van der Waals surface area contributed by atoms with Crippen LogP contribution in [-0.2, 0) is 0 Å². The molecule has 1 saturated heterocycles. The van der Waals surface area contributed by atoms with Crippen molar-refractivity contribution in [3.8, 4) is 0 Å². The Morgan fingerprint density at radius 1 is 1.06 bits per heavy atom. The zero-order valence-corrected chi connectivity index (χ0v) is 9.19. The fourth-order valence-electron chi connectivity index (χ4n) is 1.62. The standard InChI is InChI=1S/C10H12N5O2/c16-15(17)12-10-6-2-1-5-9(10)11-13-14-7-3-4-8-14/h1-2,5-6H,3-4,7-8H2/q-1. The minimum Gasteiger partial charge on any atom is -0.587 e. The summed E-state index contributed by atoms with van der Waals surface area (Å²) in [5.41, 5.74) is 0.636. The predicted molar refractivity (Wildman–Crippen MR) is 60.8 cm³/mol. The van der Waals surface area contributed by atoms with Gasteiger partial charge in [-0.2, -0.15) is 0 Å². The third-order valence-corrected chi connectivity index (χ3v) is 2.43. The molecule has 1 heterocycles. The fraction of sp³-hybridized carbons (Fsp3) is 0.400. The summed E-state index contributed by atoms with van der Waals surface area (Å²) in [6.45, 7) is 1.77. The Bertz CT molecular complexity index is 436. The highest BCUT2D eigenvalue weighted by Crippen LogP contribution is 2.28. The highest BCUT2D eigenvalue weighted by molar-refractivity contribution is 5.59. The molecule has 1 fully saturated rings. The van der Waals surface area contributed by atoms with E-state index >= 15 is 0 Å². The van der Waals surface area contributed by atoms with Gasteiger partial charge in [-0.15, -0.1) is 5.11 Å². The molecule has 2 rings (SSSR count). The van der Waals surface area contributed by atoms with E-state index in [0.717, 1.165) is 25.9 Å². The minimum absolute atomic E-state index is 0.223. The Labute approximate surface area is 98.2 Å². The van der Waals surface area contributed by atoms with Gasteiger partial charge in [0, 0.05) is 18.2 Å². The molecule has 90 valence electrons. The predicted octanol–water partition coefficient (Wildman–Crippen LogP) is 2.87. The molecule has 0 spiro atoms. The van der Waals surface area contributed by atoms with E-state index in [9.17, 15) is 10.4 Å². The number of hydrogen-bond donors (Lipinski definition) is 0. The smallest absolute Gasteiger partial charge is 0.160 e. The summed E-state index contributed by atoms with van der Waals surface area (Å²) in [6.07, 6.45) is 2.22. The Kier molecular flexibility index (Phi) is 3.49. The fourth-order valence-corrected chi connectivity index (χ4v) is 1.62. The zero-order valence-electron chi connectivity index (χ0n) is 9.19. The van der Waals surface area contributed by atoms with Crippen LogP contribution in [0.5, 0.6) is 0 Å². The summed E-state index contributed by atoms with van der Waals surface area (Å²) in [7, 11) is 0. The van der Waals surface area contributed by atoms with Crippen molar-refractivity contribution < 1.29 is 5.02 Å². The van der Waals surface area contributed by atoms with Gasteiger partial charge in [0.15, 0.2) is 5.69 Å². The van der Waals surface area contributed by atoms with Crippen molar-refractivity contribution in [3.05, 3.63) is 34.7 Å². The number of hydrogen-bond acceptors (Lipinski definition) is 5. The molecule has 0 amide bonds. The molecular weight excluding hydrogens is 222 g/mol. The number of rotatable bonds is 3. The third-order valence-electron chi connectivity index (χ3n) is 2.43. The first-order valence-electron chi connectivity index (χ1n) is 5.37. The second-order valence-corrected chi connectivity index (χ2v) is 3.68. The van der Waals surface area contributed by atoms with Crippen molar-refractivity contribution in [2.45, 2.75) is 12.8 Å². The Balaban J connectivity index is 2.16. The third kappa shape index (κ3) is 3.13. The zero-order chi connectivity index (χ0) is 12.1. The van der Waals surface area contributed by atoms with Gasteiger partial charge >= 0.3 is 0 Å². The van der Waals surface area contributed by atoms with Crippen LogP contribution >= 0.6 is 0 Å². The summed E-state index contributed by atoms with van der Waals surface area (Å²) >= 11 is 0. The van der Waals surface area contributed by atoms with Crippen molar-refractivity contribution >= 4 is 11.4 Å². The van der Waals surface area contributed by atoms with Gasteiger partial charge < -0.3 is 10.4 Å². The van der Waals surface area contributed by atoms with E-state index in [1.165, 1.54) is 0 Å².